The average molecular weight is 533 g/mol. The summed E-state index contributed by atoms with van der Waals surface area (Å²) in [5.41, 5.74) is 9.18. The van der Waals surface area contributed by atoms with E-state index in [-0.39, 0.29) is 36.6 Å². The second-order valence-corrected chi connectivity index (χ2v) is 9.44. The van der Waals surface area contributed by atoms with Gasteiger partial charge >= 0.3 is 12.0 Å². The summed E-state index contributed by atoms with van der Waals surface area (Å²) in [6.07, 6.45) is 0.726. The molecular formula is C29H32N4O6. The molecule has 1 aliphatic rings. The maximum atomic E-state index is 13.2. The van der Waals surface area contributed by atoms with Crippen molar-refractivity contribution in [2.75, 3.05) is 30.9 Å². The number of carboxylic acids is 1. The Bertz CT molecular complexity index is 1340. The summed E-state index contributed by atoms with van der Waals surface area (Å²) in [6.45, 7) is 2.57. The molecule has 3 aromatic rings. The molecule has 0 unspecified atom stereocenters. The highest BCUT2D eigenvalue weighted by molar-refractivity contribution is 6.01. The lowest BCUT2D eigenvalue weighted by molar-refractivity contribution is -0.131. The highest BCUT2D eigenvalue weighted by Crippen LogP contribution is 2.27. The number of carbonyl (C=O) groups is 3. The van der Waals surface area contributed by atoms with Crippen LogP contribution in [-0.2, 0) is 11.2 Å². The SMILES string of the molecule is COc1cc(CC(=O)N2C[C@@H](N)C[C@H]2COc2ccc(C(=O)O)cc2)ccc1NC(=O)Nc1ccccc1C. The van der Waals surface area contributed by atoms with Crippen LogP contribution < -0.4 is 25.8 Å². The fraction of sp³-hybridized carbons (Fsp3) is 0.276. The second kappa shape index (κ2) is 12.3. The number of anilines is 2. The van der Waals surface area contributed by atoms with Gasteiger partial charge in [-0.25, -0.2) is 9.59 Å². The van der Waals surface area contributed by atoms with Gasteiger partial charge in [-0.2, -0.15) is 0 Å². The Balaban J connectivity index is 1.37. The van der Waals surface area contributed by atoms with Crippen LogP contribution in [0.1, 0.15) is 27.9 Å². The van der Waals surface area contributed by atoms with E-state index >= 15 is 0 Å². The molecule has 2 atom stereocenters. The van der Waals surface area contributed by atoms with Crippen LogP contribution in [0.3, 0.4) is 0 Å². The molecule has 1 heterocycles. The van der Waals surface area contributed by atoms with E-state index in [2.05, 4.69) is 10.6 Å². The molecule has 4 rings (SSSR count). The lowest BCUT2D eigenvalue weighted by atomic mass is 10.1. The lowest BCUT2D eigenvalue weighted by Gasteiger charge is -2.25. The van der Waals surface area contributed by atoms with E-state index in [1.54, 1.807) is 35.2 Å². The number of amides is 3. The zero-order valence-electron chi connectivity index (χ0n) is 21.8. The van der Waals surface area contributed by atoms with Gasteiger partial charge in [-0.3, -0.25) is 4.79 Å². The molecule has 0 spiro atoms. The van der Waals surface area contributed by atoms with Gasteiger partial charge in [0.25, 0.3) is 0 Å². The van der Waals surface area contributed by atoms with Gasteiger partial charge in [0.2, 0.25) is 5.91 Å². The molecule has 0 aliphatic carbocycles. The van der Waals surface area contributed by atoms with Gasteiger partial charge in [-0.05, 0) is 66.9 Å². The standard InChI is InChI=1S/C29H32N4O6/c1-18-5-3-4-6-24(18)31-29(37)32-25-12-7-19(13-26(25)38-2)14-27(34)33-16-21(30)15-22(33)17-39-23-10-8-20(9-11-23)28(35)36/h3-13,21-22H,14-17,30H2,1-2H3,(H,35,36)(H2,31,32,37)/t21-,22-/m0/s1. The molecule has 5 N–H and O–H groups in total. The molecule has 1 aliphatic heterocycles. The zero-order chi connectivity index (χ0) is 27.9. The van der Waals surface area contributed by atoms with Gasteiger partial charge in [0.1, 0.15) is 18.1 Å². The summed E-state index contributed by atoms with van der Waals surface area (Å²) >= 11 is 0. The van der Waals surface area contributed by atoms with Crippen LogP contribution in [0.2, 0.25) is 0 Å². The first-order valence-electron chi connectivity index (χ1n) is 12.5. The second-order valence-electron chi connectivity index (χ2n) is 9.44. The van der Waals surface area contributed by atoms with Crippen molar-refractivity contribution in [1.29, 1.82) is 0 Å². The first-order valence-corrected chi connectivity index (χ1v) is 12.5. The van der Waals surface area contributed by atoms with Crippen molar-refractivity contribution in [3.05, 3.63) is 83.4 Å². The van der Waals surface area contributed by atoms with Gasteiger partial charge in [0.05, 0.1) is 30.8 Å². The molecule has 1 saturated heterocycles. The predicted molar refractivity (Wildman–Crippen MR) is 148 cm³/mol. The third kappa shape index (κ3) is 7.05. The van der Waals surface area contributed by atoms with E-state index in [4.69, 9.17) is 20.3 Å². The highest BCUT2D eigenvalue weighted by Gasteiger charge is 2.34. The number of methoxy groups -OCH3 is 1. The first-order chi connectivity index (χ1) is 18.7. The van der Waals surface area contributed by atoms with E-state index in [1.807, 2.05) is 31.2 Å². The highest BCUT2D eigenvalue weighted by atomic mass is 16.5. The van der Waals surface area contributed by atoms with E-state index in [0.717, 1.165) is 11.1 Å². The molecule has 0 saturated carbocycles. The van der Waals surface area contributed by atoms with Crippen LogP contribution in [0.15, 0.2) is 66.7 Å². The number of nitrogens with two attached hydrogens (primary N) is 1. The molecule has 0 radical (unpaired) electrons. The van der Waals surface area contributed by atoms with E-state index in [9.17, 15) is 14.4 Å². The van der Waals surface area contributed by atoms with Gasteiger partial charge in [-0.15, -0.1) is 0 Å². The Labute approximate surface area is 226 Å². The van der Waals surface area contributed by atoms with Gasteiger partial charge in [0.15, 0.2) is 0 Å². The number of benzene rings is 3. The van der Waals surface area contributed by atoms with Crippen LogP contribution in [-0.4, -0.2) is 60.3 Å². The maximum absolute atomic E-state index is 13.2. The van der Waals surface area contributed by atoms with Crippen molar-refractivity contribution in [1.82, 2.24) is 4.90 Å². The van der Waals surface area contributed by atoms with Crippen molar-refractivity contribution >= 4 is 29.3 Å². The molecule has 1 fully saturated rings. The van der Waals surface area contributed by atoms with E-state index in [1.165, 1.54) is 19.2 Å². The number of likely N-dealkylation sites (tertiary alicyclic amines) is 1. The number of urea groups is 1. The molecule has 204 valence electrons. The van der Waals surface area contributed by atoms with Gasteiger partial charge < -0.3 is 35.8 Å². The van der Waals surface area contributed by atoms with Crippen molar-refractivity contribution in [3.63, 3.8) is 0 Å². The Morgan fingerprint density at radius 1 is 1.03 bits per heavy atom. The summed E-state index contributed by atoms with van der Waals surface area (Å²) in [6, 6.07) is 18.0. The maximum Gasteiger partial charge on any atom is 0.335 e. The number of carbonyl (C=O) groups excluding carboxylic acids is 2. The van der Waals surface area contributed by atoms with Gasteiger partial charge in [-0.1, -0.05) is 24.3 Å². The van der Waals surface area contributed by atoms with Crippen molar-refractivity contribution in [3.8, 4) is 11.5 Å². The van der Waals surface area contributed by atoms with Crippen LogP contribution >= 0.6 is 0 Å². The Kier molecular flexibility index (Phi) is 8.67. The Hall–Kier alpha value is -4.57. The quantitative estimate of drug-likeness (QED) is 0.327. The lowest BCUT2D eigenvalue weighted by Crippen LogP contribution is -2.40. The summed E-state index contributed by atoms with van der Waals surface area (Å²) in [5, 5.41) is 14.7. The Morgan fingerprint density at radius 2 is 1.74 bits per heavy atom. The number of para-hydroxylation sites is 1. The predicted octanol–water partition coefficient (Wildman–Crippen LogP) is 3.90. The normalized spacial score (nSPS) is 16.4. The molecule has 39 heavy (non-hydrogen) atoms. The number of aryl methyl sites for hydroxylation is 1. The fourth-order valence-corrected chi connectivity index (χ4v) is 4.52. The fourth-order valence-electron chi connectivity index (χ4n) is 4.52. The summed E-state index contributed by atoms with van der Waals surface area (Å²) < 4.78 is 11.3. The van der Waals surface area contributed by atoms with Crippen LogP contribution in [0.25, 0.3) is 0 Å². The Morgan fingerprint density at radius 3 is 2.44 bits per heavy atom. The van der Waals surface area contributed by atoms with Gasteiger partial charge in [0, 0.05) is 18.3 Å². The number of aromatic carboxylic acids is 1. The summed E-state index contributed by atoms with van der Waals surface area (Å²) in [7, 11) is 1.50. The molecule has 3 amide bonds. The number of carboxylic acid groups (broad SMARTS) is 1. The summed E-state index contributed by atoms with van der Waals surface area (Å²) in [5.74, 6) is -0.154. The number of ether oxygens (including phenoxy) is 2. The zero-order valence-corrected chi connectivity index (χ0v) is 21.8. The third-order valence-corrected chi connectivity index (χ3v) is 6.57. The smallest absolute Gasteiger partial charge is 0.335 e. The topological polar surface area (TPSA) is 143 Å². The molecule has 0 aromatic heterocycles. The number of nitrogens with zero attached hydrogens (tertiary/aromatic N) is 1. The van der Waals surface area contributed by atoms with Crippen molar-refractivity contribution < 1.29 is 29.0 Å². The van der Waals surface area contributed by atoms with Crippen LogP contribution in [0.4, 0.5) is 16.2 Å². The van der Waals surface area contributed by atoms with E-state index in [0.29, 0.717) is 35.8 Å². The van der Waals surface area contributed by atoms with Crippen LogP contribution in [0, 0.1) is 6.92 Å². The largest absolute Gasteiger partial charge is 0.495 e. The first kappa shape index (κ1) is 27.5. The molecule has 3 aromatic carbocycles. The van der Waals surface area contributed by atoms with Crippen molar-refractivity contribution in [2.45, 2.75) is 31.8 Å². The van der Waals surface area contributed by atoms with E-state index < -0.39 is 12.0 Å². The number of hydrogen-bond donors (Lipinski definition) is 4. The minimum atomic E-state index is -1.01. The minimum absolute atomic E-state index is 0.0992. The van der Waals surface area contributed by atoms with Crippen molar-refractivity contribution in [2.24, 2.45) is 5.73 Å². The molecule has 10 nitrogen and oxygen atoms in total. The number of hydrogen-bond acceptors (Lipinski definition) is 6. The monoisotopic (exact) mass is 532 g/mol. The molecular weight excluding hydrogens is 500 g/mol. The average Bonchev–Trinajstić information content (AvgIpc) is 3.30. The summed E-state index contributed by atoms with van der Waals surface area (Å²) in [4.78, 5) is 38.5. The van der Waals surface area contributed by atoms with Crippen LogP contribution in [0.5, 0.6) is 11.5 Å². The number of rotatable bonds is 9. The third-order valence-electron chi connectivity index (χ3n) is 6.57. The number of nitrogens with one attached hydrogen (secondary N) is 2. The molecule has 0 bridgehead atoms. The molecule has 10 heteroatoms. The minimum Gasteiger partial charge on any atom is -0.495 e.